The van der Waals surface area contributed by atoms with Crippen LogP contribution in [0.1, 0.15) is 46.5 Å². The number of nitrogens with zero attached hydrogens (tertiary/aromatic N) is 1. The molecule has 20 heavy (non-hydrogen) atoms. The summed E-state index contributed by atoms with van der Waals surface area (Å²) < 4.78 is 33.1. The van der Waals surface area contributed by atoms with E-state index in [4.69, 9.17) is 9.84 Å². The molecule has 1 fully saturated rings. The Hall–Kier alpha value is -1.40. The lowest BCUT2D eigenvalue weighted by Gasteiger charge is -2.40. The van der Waals surface area contributed by atoms with Crippen LogP contribution in [0.4, 0.5) is 13.6 Å². The lowest BCUT2D eigenvalue weighted by molar-refractivity contribution is -0.152. The van der Waals surface area contributed by atoms with Crippen LogP contribution in [-0.2, 0) is 9.53 Å². The molecule has 1 atom stereocenters. The second-order valence-corrected chi connectivity index (χ2v) is 6.02. The minimum Gasteiger partial charge on any atom is -0.481 e. The van der Waals surface area contributed by atoms with Gasteiger partial charge in [-0.3, -0.25) is 9.69 Å². The third-order valence-corrected chi connectivity index (χ3v) is 3.01. The second kappa shape index (κ2) is 5.93. The first kappa shape index (κ1) is 16.7. The fourth-order valence-corrected chi connectivity index (χ4v) is 2.23. The third kappa shape index (κ3) is 4.61. The van der Waals surface area contributed by atoms with Crippen molar-refractivity contribution >= 4 is 12.1 Å². The van der Waals surface area contributed by atoms with Gasteiger partial charge in [-0.15, -0.1) is 0 Å². The van der Waals surface area contributed by atoms with Crippen molar-refractivity contribution in [1.82, 2.24) is 4.90 Å². The number of rotatable bonds is 3. The minimum atomic E-state index is -3.46. The van der Waals surface area contributed by atoms with E-state index in [1.807, 2.05) is 0 Å². The summed E-state index contributed by atoms with van der Waals surface area (Å²) in [6.07, 6.45) is -0.860. The van der Waals surface area contributed by atoms with E-state index >= 15 is 0 Å². The summed E-state index contributed by atoms with van der Waals surface area (Å²) in [4.78, 5) is 23.5. The van der Waals surface area contributed by atoms with E-state index < -0.39 is 36.0 Å². The molecular formula is C13H21F2NO4. The predicted molar refractivity (Wildman–Crippen MR) is 67.8 cm³/mol. The van der Waals surface area contributed by atoms with Crippen molar-refractivity contribution in [2.24, 2.45) is 0 Å². The summed E-state index contributed by atoms with van der Waals surface area (Å²) in [5.41, 5.74) is -0.777. The summed E-state index contributed by atoms with van der Waals surface area (Å²) in [6.45, 7) is 5.12. The standard InChI is InChI=1S/C13H21F2NO4/c1-12(2,3)20-11(19)16-7-5-4-6-9(16)13(14,15)8-10(17)18/h9H,4-8H2,1-3H3,(H,17,18). The lowest BCUT2D eigenvalue weighted by Crippen LogP contribution is -2.54. The average molecular weight is 293 g/mol. The summed E-state index contributed by atoms with van der Waals surface area (Å²) in [5, 5.41) is 8.58. The van der Waals surface area contributed by atoms with Crippen molar-refractivity contribution < 1.29 is 28.2 Å². The number of carboxylic acids is 1. The molecule has 0 saturated carbocycles. The van der Waals surface area contributed by atoms with E-state index in [0.29, 0.717) is 12.8 Å². The number of halogens is 2. The van der Waals surface area contributed by atoms with Crippen LogP contribution in [0.3, 0.4) is 0 Å². The van der Waals surface area contributed by atoms with Gasteiger partial charge in [-0.2, -0.15) is 0 Å². The van der Waals surface area contributed by atoms with Crippen LogP contribution in [0, 0.1) is 0 Å². The molecule has 1 saturated heterocycles. The van der Waals surface area contributed by atoms with E-state index in [1.54, 1.807) is 20.8 Å². The van der Waals surface area contributed by atoms with Crippen LogP contribution < -0.4 is 0 Å². The topological polar surface area (TPSA) is 66.8 Å². The predicted octanol–water partition coefficient (Wildman–Crippen LogP) is 2.89. The van der Waals surface area contributed by atoms with Gasteiger partial charge in [0.15, 0.2) is 0 Å². The summed E-state index contributed by atoms with van der Waals surface area (Å²) in [5.74, 6) is -5.03. The van der Waals surface area contributed by atoms with Crippen LogP contribution in [0.2, 0.25) is 0 Å². The lowest BCUT2D eigenvalue weighted by atomic mass is 9.95. The Bertz CT molecular complexity index is 379. The molecule has 0 bridgehead atoms. The molecule has 1 N–H and O–H groups in total. The Kier molecular flexibility index (Phi) is 4.94. The molecule has 1 amide bonds. The highest BCUT2D eigenvalue weighted by Gasteiger charge is 2.48. The largest absolute Gasteiger partial charge is 0.481 e. The quantitative estimate of drug-likeness (QED) is 0.869. The molecule has 0 aromatic heterocycles. The van der Waals surface area contributed by atoms with Crippen LogP contribution in [-0.4, -0.2) is 46.2 Å². The molecule has 7 heteroatoms. The van der Waals surface area contributed by atoms with E-state index in [2.05, 4.69) is 0 Å². The Morgan fingerprint density at radius 1 is 1.30 bits per heavy atom. The van der Waals surface area contributed by atoms with Gasteiger partial charge in [0.1, 0.15) is 12.0 Å². The molecule has 0 aromatic rings. The number of aliphatic carboxylic acids is 1. The molecule has 5 nitrogen and oxygen atoms in total. The van der Waals surface area contributed by atoms with E-state index in [-0.39, 0.29) is 13.0 Å². The molecule has 0 aromatic carbocycles. The Balaban J connectivity index is 2.86. The molecule has 0 spiro atoms. The number of alkyl halides is 2. The van der Waals surface area contributed by atoms with Crippen LogP contribution in [0.5, 0.6) is 0 Å². The van der Waals surface area contributed by atoms with Crippen LogP contribution >= 0.6 is 0 Å². The highest BCUT2D eigenvalue weighted by atomic mass is 19.3. The van der Waals surface area contributed by atoms with Crippen molar-refractivity contribution in [2.75, 3.05) is 6.54 Å². The Labute approximate surface area is 116 Å². The summed E-state index contributed by atoms with van der Waals surface area (Å²) in [7, 11) is 0. The highest BCUT2D eigenvalue weighted by molar-refractivity contribution is 5.70. The zero-order valence-electron chi connectivity index (χ0n) is 12.0. The number of carbonyl (C=O) groups is 2. The van der Waals surface area contributed by atoms with Crippen molar-refractivity contribution in [3.63, 3.8) is 0 Å². The zero-order chi connectivity index (χ0) is 15.6. The fourth-order valence-electron chi connectivity index (χ4n) is 2.23. The SMILES string of the molecule is CC(C)(C)OC(=O)N1CCCCC1C(F)(F)CC(=O)O. The molecule has 1 rings (SSSR count). The first-order chi connectivity index (χ1) is 9.03. The summed E-state index contributed by atoms with van der Waals surface area (Å²) >= 11 is 0. The van der Waals surface area contributed by atoms with Gasteiger partial charge >= 0.3 is 12.1 Å². The van der Waals surface area contributed by atoms with Crippen molar-refractivity contribution in [1.29, 1.82) is 0 Å². The van der Waals surface area contributed by atoms with Gasteiger partial charge in [-0.05, 0) is 40.0 Å². The molecule has 1 aliphatic rings. The molecule has 1 aliphatic heterocycles. The number of carboxylic acid groups (broad SMARTS) is 1. The van der Waals surface area contributed by atoms with Gasteiger partial charge in [-0.1, -0.05) is 0 Å². The van der Waals surface area contributed by atoms with Crippen LogP contribution in [0.25, 0.3) is 0 Å². The number of hydrogen-bond donors (Lipinski definition) is 1. The molecule has 1 unspecified atom stereocenters. The number of piperidine rings is 1. The summed E-state index contributed by atoms with van der Waals surface area (Å²) in [6, 6.07) is -1.41. The van der Waals surface area contributed by atoms with Crippen molar-refractivity contribution in [3.8, 4) is 0 Å². The number of amides is 1. The number of carbonyl (C=O) groups excluding carboxylic acids is 1. The van der Waals surface area contributed by atoms with Crippen LogP contribution in [0.15, 0.2) is 0 Å². The number of ether oxygens (including phenoxy) is 1. The van der Waals surface area contributed by atoms with E-state index in [0.717, 1.165) is 4.90 Å². The van der Waals surface area contributed by atoms with Gasteiger partial charge in [0.25, 0.3) is 5.92 Å². The number of likely N-dealkylation sites (tertiary alicyclic amines) is 1. The van der Waals surface area contributed by atoms with E-state index in [1.165, 1.54) is 0 Å². The molecule has 116 valence electrons. The van der Waals surface area contributed by atoms with E-state index in [9.17, 15) is 18.4 Å². The molecule has 0 radical (unpaired) electrons. The molecule has 0 aliphatic carbocycles. The highest BCUT2D eigenvalue weighted by Crippen LogP contribution is 2.34. The van der Waals surface area contributed by atoms with Gasteiger partial charge in [0.2, 0.25) is 0 Å². The first-order valence-corrected chi connectivity index (χ1v) is 6.62. The maximum Gasteiger partial charge on any atom is 0.410 e. The monoisotopic (exact) mass is 293 g/mol. The normalized spacial score (nSPS) is 20.6. The van der Waals surface area contributed by atoms with Gasteiger partial charge in [0, 0.05) is 6.54 Å². The number of hydrogen-bond acceptors (Lipinski definition) is 3. The smallest absolute Gasteiger partial charge is 0.410 e. The fraction of sp³-hybridized carbons (Fsp3) is 0.846. The van der Waals surface area contributed by atoms with Gasteiger partial charge in [-0.25, -0.2) is 13.6 Å². The zero-order valence-corrected chi connectivity index (χ0v) is 12.0. The third-order valence-electron chi connectivity index (χ3n) is 3.01. The maximum atomic E-state index is 14.0. The van der Waals surface area contributed by atoms with Crippen molar-refractivity contribution in [3.05, 3.63) is 0 Å². The Morgan fingerprint density at radius 3 is 2.40 bits per heavy atom. The van der Waals surface area contributed by atoms with Crippen molar-refractivity contribution in [2.45, 2.75) is 64.0 Å². The molecule has 1 heterocycles. The second-order valence-electron chi connectivity index (χ2n) is 6.02. The van der Waals surface area contributed by atoms with Gasteiger partial charge < -0.3 is 9.84 Å². The minimum absolute atomic E-state index is 0.0829. The average Bonchev–Trinajstić information content (AvgIpc) is 2.25. The van der Waals surface area contributed by atoms with Gasteiger partial charge in [0.05, 0.1) is 6.04 Å². The molecular weight excluding hydrogens is 272 g/mol. The first-order valence-electron chi connectivity index (χ1n) is 6.62. The Morgan fingerprint density at radius 2 is 1.90 bits per heavy atom. The maximum absolute atomic E-state index is 14.0.